The molecule has 4 rings (SSSR count). The van der Waals surface area contributed by atoms with Gasteiger partial charge in [0.1, 0.15) is 0 Å². The van der Waals surface area contributed by atoms with E-state index < -0.39 is 0 Å². The number of hydrogen-bond acceptors (Lipinski definition) is 2. The number of amides is 3. The van der Waals surface area contributed by atoms with E-state index in [0.29, 0.717) is 13.1 Å². The number of carbonyl (C=O) groups excluding carboxylic acids is 2. The number of nitrogens with zero attached hydrogens (tertiary/aromatic N) is 1. The quantitative estimate of drug-likeness (QED) is 0.607. The normalized spacial score (nSPS) is 15.9. The molecule has 1 heterocycles. The summed E-state index contributed by atoms with van der Waals surface area (Å²) >= 11 is 0. The fourth-order valence-corrected chi connectivity index (χ4v) is 3.95. The molecule has 2 N–H and O–H groups in total. The highest BCUT2D eigenvalue weighted by Gasteiger charge is 2.28. The number of likely N-dealkylation sites (tertiary alicyclic amines) is 1. The molecular formula is C26H27N3O2. The molecule has 0 aliphatic carbocycles. The van der Waals surface area contributed by atoms with Crippen molar-refractivity contribution in [1.29, 1.82) is 0 Å². The van der Waals surface area contributed by atoms with Crippen LogP contribution >= 0.6 is 0 Å². The molecule has 0 unspecified atom stereocenters. The third-order valence-electron chi connectivity index (χ3n) is 5.62. The van der Waals surface area contributed by atoms with Gasteiger partial charge >= 0.3 is 6.03 Å². The average molecular weight is 414 g/mol. The Labute approximate surface area is 183 Å². The molecule has 0 bridgehead atoms. The summed E-state index contributed by atoms with van der Waals surface area (Å²) in [6, 6.07) is 27.4. The number of para-hydroxylation sites is 2. The molecular weight excluding hydrogens is 386 g/mol. The number of nitrogens with one attached hydrogen (secondary N) is 2. The average Bonchev–Trinajstić information content (AvgIpc) is 2.82. The number of urea groups is 1. The Hall–Kier alpha value is -3.60. The highest BCUT2D eigenvalue weighted by molar-refractivity contribution is 5.94. The molecule has 5 nitrogen and oxygen atoms in total. The topological polar surface area (TPSA) is 61.4 Å². The Morgan fingerprint density at radius 2 is 1.52 bits per heavy atom. The van der Waals surface area contributed by atoms with Crippen molar-refractivity contribution in [2.45, 2.75) is 19.3 Å². The van der Waals surface area contributed by atoms with Crippen LogP contribution in [0.3, 0.4) is 0 Å². The summed E-state index contributed by atoms with van der Waals surface area (Å²) in [5.41, 5.74) is 3.87. The van der Waals surface area contributed by atoms with Crippen LogP contribution < -0.4 is 10.6 Å². The second kappa shape index (κ2) is 9.94. The first-order valence-electron chi connectivity index (χ1n) is 10.7. The third-order valence-corrected chi connectivity index (χ3v) is 5.62. The molecule has 158 valence electrons. The van der Waals surface area contributed by atoms with Gasteiger partial charge in [0, 0.05) is 24.5 Å². The van der Waals surface area contributed by atoms with Crippen molar-refractivity contribution in [2.75, 3.05) is 23.7 Å². The minimum atomic E-state index is -0.222. The van der Waals surface area contributed by atoms with Crippen molar-refractivity contribution >= 4 is 23.3 Å². The van der Waals surface area contributed by atoms with Gasteiger partial charge in [0.15, 0.2) is 0 Å². The van der Waals surface area contributed by atoms with Crippen molar-refractivity contribution < 1.29 is 9.59 Å². The predicted octanol–water partition coefficient (Wildman–Crippen LogP) is 5.16. The maximum atomic E-state index is 13.0. The molecule has 1 aliphatic heterocycles. The standard InChI is InChI=1S/C26H27N3O2/c30-25(28-24-16-8-7-12-21(24)18-20-10-3-1-4-11-20)22-13-9-17-29(19-22)26(31)27-23-14-5-2-6-15-23/h1-8,10-12,14-16,22H,9,13,17-19H2,(H,27,31)(H,28,30)/t22-/m0/s1. The first-order valence-corrected chi connectivity index (χ1v) is 10.7. The van der Waals surface area contributed by atoms with Crippen LogP contribution in [-0.4, -0.2) is 29.9 Å². The van der Waals surface area contributed by atoms with Crippen molar-refractivity contribution in [3.63, 3.8) is 0 Å². The number of anilines is 2. The molecule has 0 saturated carbocycles. The lowest BCUT2D eigenvalue weighted by Gasteiger charge is -2.32. The molecule has 5 heteroatoms. The van der Waals surface area contributed by atoms with E-state index in [4.69, 9.17) is 0 Å². The monoisotopic (exact) mass is 413 g/mol. The minimum absolute atomic E-state index is 0.0299. The second-order valence-corrected chi connectivity index (χ2v) is 7.89. The Balaban J connectivity index is 1.39. The molecule has 3 aromatic carbocycles. The zero-order valence-electron chi connectivity index (χ0n) is 17.5. The van der Waals surface area contributed by atoms with Crippen molar-refractivity contribution in [1.82, 2.24) is 4.90 Å². The van der Waals surface area contributed by atoms with Crippen molar-refractivity contribution in [3.05, 3.63) is 96.1 Å². The van der Waals surface area contributed by atoms with Crippen LogP contribution in [0.2, 0.25) is 0 Å². The minimum Gasteiger partial charge on any atom is -0.326 e. The lowest BCUT2D eigenvalue weighted by atomic mass is 9.96. The summed E-state index contributed by atoms with van der Waals surface area (Å²) in [5.74, 6) is -0.252. The Kier molecular flexibility index (Phi) is 6.62. The number of hydrogen-bond donors (Lipinski definition) is 2. The van der Waals surface area contributed by atoms with E-state index in [0.717, 1.165) is 36.2 Å². The molecule has 1 atom stereocenters. The SMILES string of the molecule is O=C(Nc1ccccc1Cc1ccccc1)[C@H]1CCCN(C(=O)Nc2ccccc2)C1. The van der Waals surface area contributed by atoms with E-state index in [2.05, 4.69) is 22.8 Å². The van der Waals surface area contributed by atoms with Crippen LogP contribution in [0.1, 0.15) is 24.0 Å². The smallest absolute Gasteiger partial charge is 0.321 e. The zero-order valence-corrected chi connectivity index (χ0v) is 17.5. The molecule has 3 amide bonds. The van der Waals surface area contributed by atoms with E-state index in [1.807, 2.05) is 72.8 Å². The fraction of sp³-hybridized carbons (Fsp3) is 0.231. The molecule has 3 aromatic rings. The zero-order chi connectivity index (χ0) is 21.5. The van der Waals surface area contributed by atoms with E-state index in [1.165, 1.54) is 5.56 Å². The molecule has 1 fully saturated rings. The predicted molar refractivity (Wildman–Crippen MR) is 124 cm³/mol. The van der Waals surface area contributed by atoms with Gasteiger partial charge in [-0.2, -0.15) is 0 Å². The van der Waals surface area contributed by atoms with E-state index in [1.54, 1.807) is 4.90 Å². The summed E-state index contributed by atoms with van der Waals surface area (Å²) in [4.78, 5) is 27.4. The first-order chi connectivity index (χ1) is 15.2. The lowest BCUT2D eigenvalue weighted by molar-refractivity contribution is -0.121. The van der Waals surface area contributed by atoms with E-state index in [9.17, 15) is 9.59 Å². The summed E-state index contributed by atoms with van der Waals surface area (Å²) in [6.45, 7) is 1.08. The van der Waals surface area contributed by atoms with Crippen molar-refractivity contribution in [3.8, 4) is 0 Å². The van der Waals surface area contributed by atoms with Crippen LogP contribution in [0.25, 0.3) is 0 Å². The van der Waals surface area contributed by atoms with Crippen LogP contribution in [0.4, 0.5) is 16.2 Å². The van der Waals surface area contributed by atoms with Crippen LogP contribution in [0.5, 0.6) is 0 Å². The Bertz CT molecular complexity index is 1020. The van der Waals surface area contributed by atoms with Crippen LogP contribution in [0.15, 0.2) is 84.9 Å². The summed E-state index contributed by atoms with van der Waals surface area (Å²) in [5, 5.41) is 6.02. The maximum Gasteiger partial charge on any atom is 0.321 e. The largest absolute Gasteiger partial charge is 0.326 e. The first kappa shape index (κ1) is 20.7. The second-order valence-electron chi connectivity index (χ2n) is 7.89. The maximum absolute atomic E-state index is 13.0. The highest BCUT2D eigenvalue weighted by Crippen LogP contribution is 2.23. The Morgan fingerprint density at radius 1 is 0.839 bits per heavy atom. The van der Waals surface area contributed by atoms with Gasteiger partial charge in [0.2, 0.25) is 5.91 Å². The van der Waals surface area contributed by atoms with Gasteiger partial charge in [-0.1, -0.05) is 66.7 Å². The van der Waals surface area contributed by atoms with Gasteiger partial charge in [-0.05, 0) is 48.6 Å². The fourth-order valence-electron chi connectivity index (χ4n) is 3.95. The third kappa shape index (κ3) is 5.51. The molecule has 0 aromatic heterocycles. The van der Waals surface area contributed by atoms with Crippen molar-refractivity contribution in [2.24, 2.45) is 5.92 Å². The highest BCUT2D eigenvalue weighted by atomic mass is 16.2. The number of carbonyl (C=O) groups is 2. The van der Waals surface area contributed by atoms with Gasteiger partial charge in [0.05, 0.1) is 5.92 Å². The molecule has 0 spiro atoms. The summed E-state index contributed by atoms with van der Waals surface area (Å²) in [7, 11) is 0. The van der Waals surface area contributed by atoms with Gasteiger partial charge in [0.25, 0.3) is 0 Å². The molecule has 0 radical (unpaired) electrons. The molecule has 1 saturated heterocycles. The lowest BCUT2D eigenvalue weighted by Crippen LogP contribution is -2.45. The molecule has 1 aliphatic rings. The summed E-state index contributed by atoms with van der Waals surface area (Å²) < 4.78 is 0. The van der Waals surface area contributed by atoms with Gasteiger partial charge in [-0.15, -0.1) is 0 Å². The van der Waals surface area contributed by atoms with Gasteiger partial charge in [-0.25, -0.2) is 4.79 Å². The number of rotatable bonds is 5. The number of benzene rings is 3. The summed E-state index contributed by atoms with van der Waals surface area (Å²) in [6.07, 6.45) is 2.35. The van der Waals surface area contributed by atoms with E-state index in [-0.39, 0.29) is 17.9 Å². The van der Waals surface area contributed by atoms with Crippen LogP contribution in [0, 0.1) is 5.92 Å². The Morgan fingerprint density at radius 3 is 2.29 bits per heavy atom. The van der Waals surface area contributed by atoms with Crippen LogP contribution in [-0.2, 0) is 11.2 Å². The van der Waals surface area contributed by atoms with E-state index >= 15 is 0 Å². The van der Waals surface area contributed by atoms with Gasteiger partial charge in [-0.3, -0.25) is 4.79 Å². The molecule has 31 heavy (non-hydrogen) atoms. The number of piperidine rings is 1. The van der Waals surface area contributed by atoms with Gasteiger partial charge < -0.3 is 15.5 Å².